The second-order valence-electron chi connectivity index (χ2n) is 14.1. The monoisotopic (exact) mass is 688 g/mol. The van der Waals surface area contributed by atoms with Crippen molar-refractivity contribution in [3.05, 3.63) is 216 Å². The average Bonchev–Trinajstić information content (AvgIpc) is 3.77. The number of hydrogen-bond donors (Lipinski definition) is 0. The highest BCUT2D eigenvalue weighted by Crippen LogP contribution is 2.58. The molecular weight excluding hydrogens is 657 g/mol. The molecule has 0 radical (unpaired) electrons. The maximum atomic E-state index is 6.21. The third-order valence-corrected chi connectivity index (χ3v) is 11.2. The molecule has 0 fully saturated rings. The van der Waals surface area contributed by atoms with Crippen LogP contribution in [0.25, 0.3) is 77.7 Å². The number of hydrogen-bond acceptors (Lipinski definition) is 3. The van der Waals surface area contributed by atoms with Crippen LogP contribution in [0.3, 0.4) is 0 Å². The molecule has 0 saturated carbocycles. The largest absolute Gasteiger partial charge is 0.456 e. The van der Waals surface area contributed by atoms with Gasteiger partial charge in [0.05, 0.1) is 16.8 Å². The van der Waals surface area contributed by atoms with Gasteiger partial charge < -0.3 is 4.42 Å². The Balaban J connectivity index is 1.19. The number of aromatic nitrogens is 2. The first-order chi connectivity index (χ1) is 26.8. The van der Waals surface area contributed by atoms with Gasteiger partial charge in [-0.05, 0) is 80.6 Å². The van der Waals surface area contributed by atoms with E-state index in [4.69, 9.17) is 14.4 Å². The van der Waals surface area contributed by atoms with Crippen molar-refractivity contribution in [3.8, 4) is 45.0 Å². The van der Waals surface area contributed by atoms with Gasteiger partial charge in [0, 0.05) is 27.5 Å². The summed E-state index contributed by atoms with van der Waals surface area (Å²) in [6, 6.07) is 69.2. The molecule has 252 valence electrons. The summed E-state index contributed by atoms with van der Waals surface area (Å²) < 4.78 is 6.21. The zero-order valence-electron chi connectivity index (χ0n) is 29.3. The highest BCUT2D eigenvalue weighted by Gasteiger charge is 2.46. The lowest BCUT2D eigenvalue weighted by Gasteiger charge is -2.33. The summed E-state index contributed by atoms with van der Waals surface area (Å²) in [5.74, 6) is 0.687. The summed E-state index contributed by atoms with van der Waals surface area (Å²) in [6.45, 7) is 0. The molecule has 2 aromatic heterocycles. The van der Waals surface area contributed by atoms with Gasteiger partial charge in [0.25, 0.3) is 0 Å². The molecule has 8 aromatic carbocycles. The van der Waals surface area contributed by atoms with E-state index in [1.165, 1.54) is 38.8 Å². The minimum Gasteiger partial charge on any atom is -0.456 e. The van der Waals surface area contributed by atoms with Crippen LogP contribution in [0, 0.1) is 0 Å². The zero-order chi connectivity index (χ0) is 35.6. The number of benzene rings is 8. The molecule has 0 amide bonds. The maximum absolute atomic E-state index is 6.21. The molecule has 3 heteroatoms. The summed E-state index contributed by atoms with van der Waals surface area (Å²) in [5, 5.41) is 4.50. The molecule has 1 aliphatic rings. The lowest BCUT2D eigenvalue weighted by molar-refractivity contribution is 0.669. The SMILES string of the molecule is c1ccc(C2(c3ccccc3)c3ccccc3-c3c(-c4cc(-c5ccc6oc7ccccc7c6c5)nc(-c5ccc6ccccc6c5)n4)cccc32)cc1. The Morgan fingerprint density at radius 3 is 1.85 bits per heavy atom. The van der Waals surface area contributed by atoms with Gasteiger partial charge in [0.15, 0.2) is 5.82 Å². The van der Waals surface area contributed by atoms with Gasteiger partial charge in [0.2, 0.25) is 0 Å². The van der Waals surface area contributed by atoms with Crippen molar-refractivity contribution >= 4 is 32.7 Å². The van der Waals surface area contributed by atoms with Crippen molar-refractivity contribution in [1.82, 2.24) is 9.97 Å². The van der Waals surface area contributed by atoms with E-state index in [1.807, 2.05) is 12.1 Å². The van der Waals surface area contributed by atoms with Crippen LogP contribution < -0.4 is 0 Å². The van der Waals surface area contributed by atoms with Gasteiger partial charge in [0.1, 0.15) is 11.2 Å². The van der Waals surface area contributed by atoms with Gasteiger partial charge in [-0.3, -0.25) is 0 Å². The molecule has 2 heterocycles. The molecule has 54 heavy (non-hydrogen) atoms. The minimum absolute atomic E-state index is 0.505. The molecule has 11 rings (SSSR count). The van der Waals surface area contributed by atoms with Crippen LogP contribution in [0.15, 0.2) is 199 Å². The first kappa shape index (κ1) is 30.5. The summed E-state index contributed by atoms with van der Waals surface area (Å²) in [5.41, 5.74) is 13.4. The van der Waals surface area contributed by atoms with Crippen LogP contribution in [-0.2, 0) is 5.41 Å². The molecule has 0 aliphatic heterocycles. The van der Waals surface area contributed by atoms with Crippen LogP contribution in [-0.4, -0.2) is 9.97 Å². The van der Waals surface area contributed by atoms with Crippen LogP contribution in [0.4, 0.5) is 0 Å². The van der Waals surface area contributed by atoms with Crippen molar-refractivity contribution in [2.45, 2.75) is 5.41 Å². The lowest BCUT2D eigenvalue weighted by atomic mass is 9.67. The smallest absolute Gasteiger partial charge is 0.160 e. The quantitative estimate of drug-likeness (QED) is 0.181. The van der Waals surface area contributed by atoms with E-state index < -0.39 is 5.41 Å². The van der Waals surface area contributed by atoms with Crippen LogP contribution in [0.1, 0.15) is 22.3 Å². The Hall–Kier alpha value is -7.10. The summed E-state index contributed by atoms with van der Waals surface area (Å²) >= 11 is 0. The fourth-order valence-electron chi connectivity index (χ4n) is 8.78. The Bertz CT molecular complexity index is 3010. The van der Waals surface area contributed by atoms with Crippen LogP contribution in [0.5, 0.6) is 0 Å². The number of fused-ring (bicyclic) bond motifs is 7. The normalized spacial score (nSPS) is 13.0. The molecule has 0 unspecified atom stereocenters. The van der Waals surface area contributed by atoms with Crippen molar-refractivity contribution < 1.29 is 4.42 Å². The van der Waals surface area contributed by atoms with E-state index in [-0.39, 0.29) is 0 Å². The van der Waals surface area contributed by atoms with Crippen LogP contribution in [0.2, 0.25) is 0 Å². The first-order valence-corrected chi connectivity index (χ1v) is 18.4. The molecule has 0 saturated heterocycles. The highest BCUT2D eigenvalue weighted by molar-refractivity contribution is 6.06. The van der Waals surface area contributed by atoms with E-state index in [2.05, 4.69) is 182 Å². The highest BCUT2D eigenvalue weighted by atomic mass is 16.3. The second-order valence-corrected chi connectivity index (χ2v) is 14.1. The van der Waals surface area contributed by atoms with Crippen molar-refractivity contribution in [3.63, 3.8) is 0 Å². The van der Waals surface area contributed by atoms with E-state index in [9.17, 15) is 0 Å². The van der Waals surface area contributed by atoms with Crippen molar-refractivity contribution in [2.24, 2.45) is 0 Å². The van der Waals surface area contributed by atoms with Crippen molar-refractivity contribution in [1.29, 1.82) is 0 Å². The summed E-state index contributed by atoms with van der Waals surface area (Å²) in [6.07, 6.45) is 0. The zero-order valence-corrected chi connectivity index (χ0v) is 29.3. The number of furan rings is 1. The Morgan fingerprint density at radius 1 is 0.389 bits per heavy atom. The van der Waals surface area contributed by atoms with Gasteiger partial charge in [-0.15, -0.1) is 0 Å². The molecule has 0 atom stereocenters. The van der Waals surface area contributed by atoms with E-state index >= 15 is 0 Å². The van der Waals surface area contributed by atoms with E-state index in [1.54, 1.807) is 0 Å². The summed E-state index contributed by atoms with van der Waals surface area (Å²) in [7, 11) is 0. The molecule has 1 aliphatic carbocycles. The topological polar surface area (TPSA) is 38.9 Å². The molecule has 0 bridgehead atoms. The van der Waals surface area contributed by atoms with E-state index in [0.717, 1.165) is 55.4 Å². The second kappa shape index (κ2) is 12.0. The number of rotatable bonds is 5. The predicted molar refractivity (Wildman–Crippen MR) is 220 cm³/mol. The van der Waals surface area contributed by atoms with Crippen molar-refractivity contribution in [2.75, 3.05) is 0 Å². The predicted octanol–water partition coefficient (Wildman–Crippen LogP) is 12.9. The Morgan fingerprint density at radius 2 is 1.02 bits per heavy atom. The molecule has 0 spiro atoms. The van der Waals surface area contributed by atoms with Gasteiger partial charge >= 0.3 is 0 Å². The van der Waals surface area contributed by atoms with E-state index in [0.29, 0.717) is 5.82 Å². The van der Waals surface area contributed by atoms with Gasteiger partial charge in [-0.1, -0.05) is 158 Å². The van der Waals surface area contributed by atoms with Gasteiger partial charge in [-0.2, -0.15) is 0 Å². The minimum atomic E-state index is -0.505. The third kappa shape index (κ3) is 4.55. The van der Waals surface area contributed by atoms with Gasteiger partial charge in [-0.25, -0.2) is 9.97 Å². The Labute approximate surface area is 312 Å². The third-order valence-electron chi connectivity index (χ3n) is 11.2. The molecule has 0 N–H and O–H groups in total. The standard InChI is InChI=1S/C51H32N2O/c1-3-16-37(17-4-1)51(38-18-5-2-6-19-38)43-23-11-9-21-40(43)49-41(22-13-24-44(49)51)46-32-45(35-28-29-48-42(31-35)39-20-10-12-25-47(39)54-48)52-50(53-46)36-27-26-33-14-7-8-15-34(33)30-36/h1-32H. The lowest BCUT2D eigenvalue weighted by Crippen LogP contribution is -2.28. The fraction of sp³-hybridized carbons (Fsp3) is 0.0196. The molecule has 3 nitrogen and oxygen atoms in total. The summed E-state index contributed by atoms with van der Waals surface area (Å²) in [4.78, 5) is 10.7. The first-order valence-electron chi connectivity index (χ1n) is 18.4. The number of nitrogens with zero attached hydrogens (tertiary/aromatic N) is 2. The average molecular weight is 689 g/mol. The maximum Gasteiger partial charge on any atom is 0.160 e. The molecular formula is C51H32N2O. The van der Waals surface area contributed by atoms with Crippen LogP contribution >= 0.6 is 0 Å². The molecule has 10 aromatic rings. The number of para-hydroxylation sites is 1. The Kier molecular flexibility index (Phi) is 6.77. The fourth-order valence-corrected chi connectivity index (χ4v) is 8.78.